The number of nitrogens with zero attached hydrogens (tertiary/aromatic N) is 4. The van der Waals surface area contributed by atoms with E-state index in [1.165, 1.54) is 11.3 Å². The molecule has 1 aliphatic heterocycles. The van der Waals surface area contributed by atoms with E-state index in [9.17, 15) is 9.59 Å². The SMILES string of the molecule is O=C(N1CCC(c2nccn2Cn2c(=O)sc3ccccc32)CC1)C1(c2ccc(Cl)cc2)CC1. The highest BCUT2D eigenvalue weighted by atomic mass is 35.5. The van der Waals surface area contributed by atoms with Crippen LogP contribution in [0.2, 0.25) is 5.02 Å². The molecule has 1 aliphatic carbocycles. The van der Waals surface area contributed by atoms with E-state index in [4.69, 9.17) is 11.6 Å². The van der Waals surface area contributed by atoms with Crippen molar-refractivity contribution in [3.8, 4) is 0 Å². The Hall–Kier alpha value is -2.90. The molecule has 2 aromatic carbocycles. The predicted octanol–water partition coefficient (Wildman–Crippen LogP) is 4.86. The molecule has 0 unspecified atom stereocenters. The lowest BCUT2D eigenvalue weighted by Gasteiger charge is -2.34. The lowest BCUT2D eigenvalue weighted by molar-refractivity contribution is -0.135. The largest absolute Gasteiger partial charge is 0.342 e. The molecule has 2 aromatic heterocycles. The van der Waals surface area contributed by atoms with Gasteiger partial charge in [0.2, 0.25) is 5.91 Å². The number of halogens is 1. The van der Waals surface area contributed by atoms with Gasteiger partial charge in [-0.15, -0.1) is 0 Å². The summed E-state index contributed by atoms with van der Waals surface area (Å²) >= 11 is 7.32. The number of hydrogen-bond donors (Lipinski definition) is 0. The number of likely N-dealkylation sites (tertiary alicyclic amines) is 1. The first-order chi connectivity index (χ1) is 16.5. The fraction of sp³-hybridized carbons (Fsp3) is 0.346. The number of benzene rings is 2. The summed E-state index contributed by atoms with van der Waals surface area (Å²) in [5.41, 5.74) is 1.67. The highest BCUT2D eigenvalue weighted by molar-refractivity contribution is 7.16. The van der Waals surface area contributed by atoms with E-state index in [1.54, 1.807) is 0 Å². The minimum atomic E-state index is -0.364. The summed E-state index contributed by atoms with van der Waals surface area (Å²) in [6.45, 7) is 1.91. The van der Waals surface area contributed by atoms with E-state index in [2.05, 4.69) is 9.55 Å². The third kappa shape index (κ3) is 3.67. The van der Waals surface area contributed by atoms with E-state index in [0.29, 0.717) is 11.7 Å². The number of carbonyl (C=O) groups is 1. The molecule has 1 saturated carbocycles. The van der Waals surface area contributed by atoms with Crippen molar-refractivity contribution in [2.45, 2.75) is 43.7 Å². The lowest BCUT2D eigenvalue weighted by atomic mass is 9.91. The van der Waals surface area contributed by atoms with Gasteiger partial charge in [0, 0.05) is 36.4 Å². The van der Waals surface area contributed by atoms with Gasteiger partial charge in [0.05, 0.1) is 15.6 Å². The molecule has 0 bridgehead atoms. The second-order valence-electron chi connectivity index (χ2n) is 9.32. The molecule has 0 radical (unpaired) electrons. The first-order valence-electron chi connectivity index (χ1n) is 11.7. The second-order valence-corrected chi connectivity index (χ2v) is 10.7. The molecular weight excluding hydrogens is 468 g/mol. The molecule has 2 fully saturated rings. The summed E-state index contributed by atoms with van der Waals surface area (Å²) < 4.78 is 4.89. The summed E-state index contributed by atoms with van der Waals surface area (Å²) in [7, 11) is 0. The summed E-state index contributed by atoms with van der Waals surface area (Å²) in [6, 6.07) is 15.6. The number of para-hydroxylation sites is 1. The van der Waals surface area contributed by atoms with Gasteiger partial charge in [0.15, 0.2) is 0 Å². The summed E-state index contributed by atoms with van der Waals surface area (Å²) in [5, 5.41) is 0.695. The van der Waals surface area contributed by atoms with Crippen LogP contribution in [0.4, 0.5) is 0 Å². The standard InChI is InChI=1S/C26H25ClN4O2S/c27-20-7-5-19(6-8-20)26(11-12-26)24(32)29-14-9-18(10-15-29)23-28-13-16-30(23)17-31-21-3-1-2-4-22(21)34-25(31)33/h1-8,13,16,18H,9-12,14-15,17H2. The van der Waals surface area contributed by atoms with Gasteiger partial charge in [-0.3, -0.25) is 14.2 Å². The Morgan fingerprint density at radius 2 is 1.82 bits per heavy atom. The minimum absolute atomic E-state index is 0.0400. The van der Waals surface area contributed by atoms with Crippen molar-refractivity contribution >= 4 is 39.1 Å². The molecule has 1 amide bonds. The summed E-state index contributed by atoms with van der Waals surface area (Å²) in [5.74, 6) is 1.51. The normalized spacial score (nSPS) is 17.9. The number of rotatable bonds is 5. The maximum Gasteiger partial charge on any atom is 0.309 e. The van der Waals surface area contributed by atoms with Crippen LogP contribution >= 0.6 is 22.9 Å². The maximum absolute atomic E-state index is 13.4. The van der Waals surface area contributed by atoms with Crippen LogP contribution in [0.3, 0.4) is 0 Å². The van der Waals surface area contributed by atoms with Crippen LogP contribution < -0.4 is 4.87 Å². The van der Waals surface area contributed by atoms with Crippen LogP contribution in [-0.4, -0.2) is 38.0 Å². The zero-order valence-electron chi connectivity index (χ0n) is 18.7. The van der Waals surface area contributed by atoms with E-state index < -0.39 is 0 Å². The maximum atomic E-state index is 13.4. The quantitative estimate of drug-likeness (QED) is 0.400. The van der Waals surface area contributed by atoms with Gasteiger partial charge >= 0.3 is 4.87 Å². The highest BCUT2D eigenvalue weighted by Crippen LogP contribution is 2.50. The zero-order chi connectivity index (χ0) is 23.3. The second kappa shape index (κ2) is 8.40. The molecule has 0 atom stereocenters. The number of hydrogen-bond acceptors (Lipinski definition) is 4. The van der Waals surface area contributed by atoms with Crippen molar-refractivity contribution in [1.82, 2.24) is 19.0 Å². The average Bonchev–Trinajstić information content (AvgIpc) is 3.43. The van der Waals surface area contributed by atoms with Crippen molar-refractivity contribution < 1.29 is 4.79 Å². The number of thiazole rings is 1. The number of imidazole rings is 1. The van der Waals surface area contributed by atoms with Gasteiger partial charge in [-0.05, 0) is 55.5 Å². The molecule has 6 nitrogen and oxygen atoms in total. The molecule has 0 spiro atoms. The highest BCUT2D eigenvalue weighted by Gasteiger charge is 2.53. The van der Waals surface area contributed by atoms with Gasteiger partial charge in [-0.1, -0.05) is 47.2 Å². The molecule has 8 heteroatoms. The molecule has 4 aromatic rings. The van der Waals surface area contributed by atoms with E-state index in [0.717, 1.165) is 60.4 Å². The van der Waals surface area contributed by atoms with E-state index in [-0.39, 0.29) is 22.1 Å². The molecular formula is C26H25ClN4O2S. The third-order valence-electron chi connectivity index (χ3n) is 7.32. The van der Waals surface area contributed by atoms with Crippen molar-refractivity contribution in [3.63, 3.8) is 0 Å². The number of aromatic nitrogens is 3. The van der Waals surface area contributed by atoms with Crippen LogP contribution in [0.1, 0.15) is 43.0 Å². The van der Waals surface area contributed by atoms with Gasteiger partial charge < -0.3 is 9.47 Å². The Morgan fingerprint density at radius 1 is 1.09 bits per heavy atom. The van der Waals surface area contributed by atoms with Crippen molar-refractivity contribution in [2.75, 3.05) is 13.1 Å². The van der Waals surface area contributed by atoms with Gasteiger partial charge in [0.25, 0.3) is 0 Å². The van der Waals surface area contributed by atoms with Crippen LogP contribution in [0.25, 0.3) is 10.2 Å². The summed E-state index contributed by atoms with van der Waals surface area (Å²) in [4.78, 5) is 32.8. The van der Waals surface area contributed by atoms with Crippen molar-refractivity contribution in [1.29, 1.82) is 0 Å². The first-order valence-corrected chi connectivity index (χ1v) is 12.9. The Kier molecular flexibility index (Phi) is 5.34. The average molecular weight is 493 g/mol. The fourth-order valence-corrected chi connectivity index (χ4v) is 6.27. The Bertz CT molecular complexity index is 1410. The molecule has 2 aliphatic rings. The molecule has 0 N–H and O–H groups in total. The minimum Gasteiger partial charge on any atom is -0.342 e. The fourth-order valence-electron chi connectivity index (χ4n) is 5.26. The Morgan fingerprint density at radius 3 is 2.56 bits per heavy atom. The van der Waals surface area contributed by atoms with E-state index in [1.807, 2.05) is 70.4 Å². The number of piperidine rings is 1. The monoisotopic (exact) mass is 492 g/mol. The Balaban J connectivity index is 1.16. The van der Waals surface area contributed by atoms with Gasteiger partial charge in [0.1, 0.15) is 12.5 Å². The van der Waals surface area contributed by atoms with E-state index >= 15 is 0 Å². The third-order valence-corrected chi connectivity index (χ3v) is 8.53. The number of fused-ring (bicyclic) bond motifs is 1. The van der Waals surface area contributed by atoms with Crippen molar-refractivity contribution in [3.05, 3.63) is 87.0 Å². The molecule has 3 heterocycles. The van der Waals surface area contributed by atoms with Crippen LogP contribution in [0.15, 0.2) is 65.7 Å². The molecule has 34 heavy (non-hydrogen) atoms. The molecule has 1 saturated heterocycles. The predicted molar refractivity (Wildman–Crippen MR) is 135 cm³/mol. The van der Waals surface area contributed by atoms with Crippen LogP contribution in [0, 0.1) is 0 Å². The van der Waals surface area contributed by atoms with Crippen LogP contribution in [0.5, 0.6) is 0 Å². The van der Waals surface area contributed by atoms with Gasteiger partial charge in [-0.25, -0.2) is 4.98 Å². The first kappa shape index (κ1) is 21.6. The zero-order valence-corrected chi connectivity index (χ0v) is 20.3. The smallest absolute Gasteiger partial charge is 0.309 e. The number of amides is 1. The summed E-state index contributed by atoms with van der Waals surface area (Å²) in [6.07, 6.45) is 7.32. The topological polar surface area (TPSA) is 60.1 Å². The Labute approximate surface area is 206 Å². The molecule has 174 valence electrons. The van der Waals surface area contributed by atoms with Crippen molar-refractivity contribution in [2.24, 2.45) is 0 Å². The molecule has 6 rings (SSSR count). The van der Waals surface area contributed by atoms with Gasteiger partial charge in [-0.2, -0.15) is 0 Å². The lowest BCUT2D eigenvalue weighted by Crippen LogP contribution is -2.44. The number of carbonyl (C=O) groups excluding carboxylic acids is 1. The van der Waals surface area contributed by atoms with Crippen LogP contribution in [-0.2, 0) is 16.9 Å².